The van der Waals surface area contributed by atoms with Crippen molar-refractivity contribution in [1.29, 1.82) is 0 Å². The van der Waals surface area contributed by atoms with E-state index in [0.29, 0.717) is 5.41 Å². The summed E-state index contributed by atoms with van der Waals surface area (Å²) >= 11 is 4.88. The van der Waals surface area contributed by atoms with Crippen LogP contribution in [0, 0.1) is 34.5 Å². The quantitative estimate of drug-likeness (QED) is 0.492. The third-order valence-corrected chi connectivity index (χ3v) is 8.86. The fourth-order valence-corrected chi connectivity index (χ4v) is 7.31. The average molecular weight is 364 g/mol. The molecule has 0 unspecified atom stereocenters. The lowest BCUT2D eigenvalue weighted by Crippen LogP contribution is -2.54. The number of rotatable bonds is 1. The van der Waals surface area contributed by atoms with Crippen LogP contribution < -0.4 is 11.2 Å². The summed E-state index contributed by atoms with van der Waals surface area (Å²) < 4.78 is 0. The highest BCUT2D eigenvalue weighted by Gasteiger charge is 2.59. The van der Waals surface area contributed by atoms with E-state index in [9.17, 15) is 5.11 Å². The predicted molar refractivity (Wildman–Crippen MR) is 105 cm³/mol. The van der Waals surface area contributed by atoms with Gasteiger partial charge in [0.05, 0.1) is 6.10 Å². The molecule has 25 heavy (non-hydrogen) atoms. The molecular weight excluding hydrogens is 330 g/mol. The van der Waals surface area contributed by atoms with E-state index in [1.165, 1.54) is 44.2 Å². The second kappa shape index (κ2) is 6.19. The van der Waals surface area contributed by atoms with Crippen molar-refractivity contribution in [1.82, 2.24) is 5.43 Å². The molecule has 4 N–H and O–H groups in total. The van der Waals surface area contributed by atoms with Gasteiger partial charge < -0.3 is 10.8 Å². The van der Waals surface area contributed by atoms with Crippen molar-refractivity contribution in [2.24, 2.45) is 45.3 Å². The number of hydrogen-bond donors (Lipinski definition) is 3. The first kappa shape index (κ1) is 17.7. The van der Waals surface area contributed by atoms with E-state index < -0.39 is 0 Å². The fourth-order valence-electron chi connectivity index (χ4n) is 7.27. The van der Waals surface area contributed by atoms with Crippen molar-refractivity contribution in [3.63, 3.8) is 0 Å². The van der Waals surface area contributed by atoms with Crippen LogP contribution in [-0.4, -0.2) is 22.0 Å². The minimum Gasteiger partial charge on any atom is -0.393 e. The van der Waals surface area contributed by atoms with Gasteiger partial charge in [-0.3, -0.25) is 5.43 Å². The summed E-state index contributed by atoms with van der Waals surface area (Å²) in [7, 11) is 0. The van der Waals surface area contributed by atoms with Crippen molar-refractivity contribution in [2.45, 2.75) is 77.7 Å². The summed E-state index contributed by atoms with van der Waals surface area (Å²) in [5.74, 6) is 3.14. The van der Waals surface area contributed by atoms with E-state index in [-0.39, 0.29) is 16.6 Å². The monoisotopic (exact) mass is 363 g/mol. The lowest BCUT2D eigenvalue weighted by molar-refractivity contribution is -0.112. The highest BCUT2D eigenvalue weighted by molar-refractivity contribution is 7.80. The largest absolute Gasteiger partial charge is 0.393 e. The molecule has 0 saturated heterocycles. The minimum atomic E-state index is -0.0692. The van der Waals surface area contributed by atoms with Gasteiger partial charge in [0, 0.05) is 5.71 Å². The molecular formula is C20H33N3OS. The highest BCUT2D eigenvalue weighted by atomic mass is 32.1. The Labute approximate surface area is 157 Å². The zero-order chi connectivity index (χ0) is 17.8. The first-order chi connectivity index (χ1) is 11.8. The van der Waals surface area contributed by atoms with Gasteiger partial charge in [-0.25, -0.2) is 0 Å². The topological polar surface area (TPSA) is 70.6 Å². The Morgan fingerprint density at radius 2 is 1.88 bits per heavy atom. The van der Waals surface area contributed by atoms with Gasteiger partial charge in [-0.2, -0.15) is 5.10 Å². The number of aliphatic hydroxyl groups excluding tert-OH is 1. The van der Waals surface area contributed by atoms with Crippen LogP contribution in [0.3, 0.4) is 0 Å². The summed E-state index contributed by atoms with van der Waals surface area (Å²) in [6.07, 6.45) is 10.8. The SMILES string of the molecule is C[C@]12CC[C@H]3[C@@H](CC[C@H]4C/C(=N/NC(N)=S)CC[C@@]43C)[C@H]1CC[C@@H]2O. The van der Waals surface area contributed by atoms with Crippen LogP contribution >= 0.6 is 12.2 Å². The molecule has 4 rings (SSSR count). The van der Waals surface area contributed by atoms with Crippen LogP contribution in [-0.2, 0) is 0 Å². The molecule has 140 valence electrons. The maximum Gasteiger partial charge on any atom is 0.184 e. The normalized spacial score (nSPS) is 50.7. The third kappa shape index (κ3) is 2.73. The Kier molecular flexibility index (Phi) is 4.39. The van der Waals surface area contributed by atoms with Crippen molar-refractivity contribution >= 4 is 23.0 Å². The Balaban J connectivity index is 1.53. The van der Waals surface area contributed by atoms with E-state index in [2.05, 4.69) is 24.4 Å². The molecule has 0 heterocycles. The Morgan fingerprint density at radius 3 is 2.64 bits per heavy atom. The highest BCUT2D eigenvalue weighted by Crippen LogP contribution is 2.65. The van der Waals surface area contributed by atoms with Gasteiger partial charge in [-0.15, -0.1) is 0 Å². The van der Waals surface area contributed by atoms with Crippen LogP contribution in [0.1, 0.15) is 71.6 Å². The molecule has 4 saturated carbocycles. The zero-order valence-electron chi connectivity index (χ0n) is 15.6. The first-order valence-electron chi connectivity index (χ1n) is 10.1. The number of nitrogens with zero attached hydrogens (tertiary/aromatic N) is 1. The van der Waals surface area contributed by atoms with Gasteiger partial charge in [0.2, 0.25) is 0 Å². The molecule has 0 spiro atoms. The van der Waals surface area contributed by atoms with E-state index in [1.807, 2.05) is 0 Å². The van der Waals surface area contributed by atoms with E-state index in [1.54, 1.807) is 0 Å². The smallest absolute Gasteiger partial charge is 0.184 e. The summed E-state index contributed by atoms with van der Waals surface area (Å²) in [6.45, 7) is 4.92. The number of hydrazone groups is 1. The van der Waals surface area contributed by atoms with Gasteiger partial charge in [-0.05, 0) is 105 Å². The Morgan fingerprint density at radius 1 is 1.12 bits per heavy atom. The molecule has 0 amide bonds. The minimum absolute atomic E-state index is 0.0692. The van der Waals surface area contributed by atoms with Gasteiger partial charge in [0.15, 0.2) is 5.11 Å². The first-order valence-corrected chi connectivity index (χ1v) is 10.5. The predicted octanol–water partition coefficient (Wildman–Crippen LogP) is 3.58. The number of thiocarbonyl (C=S) groups is 1. The van der Waals surface area contributed by atoms with Crippen LogP contribution in [0.15, 0.2) is 5.10 Å². The van der Waals surface area contributed by atoms with Gasteiger partial charge in [0.25, 0.3) is 0 Å². The molecule has 4 aliphatic rings. The number of fused-ring (bicyclic) bond motifs is 5. The maximum atomic E-state index is 10.6. The lowest BCUT2D eigenvalue weighted by Gasteiger charge is -2.60. The molecule has 0 aromatic heterocycles. The molecule has 0 aromatic carbocycles. The lowest BCUT2D eigenvalue weighted by atomic mass is 9.45. The van der Waals surface area contributed by atoms with Crippen LogP contribution in [0.5, 0.6) is 0 Å². The maximum absolute atomic E-state index is 10.6. The molecule has 7 atom stereocenters. The number of hydrogen-bond acceptors (Lipinski definition) is 3. The van der Waals surface area contributed by atoms with Crippen LogP contribution in [0.25, 0.3) is 0 Å². The Hall–Kier alpha value is -0.680. The van der Waals surface area contributed by atoms with Crippen molar-refractivity contribution in [3.8, 4) is 0 Å². The average Bonchev–Trinajstić information content (AvgIpc) is 2.88. The zero-order valence-corrected chi connectivity index (χ0v) is 16.4. The van der Waals surface area contributed by atoms with E-state index >= 15 is 0 Å². The molecule has 0 aromatic rings. The van der Waals surface area contributed by atoms with E-state index in [0.717, 1.165) is 42.9 Å². The van der Waals surface area contributed by atoms with Crippen LogP contribution in [0.2, 0.25) is 0 Å². The van der Waals surface area contributed by atoms with Crippen molar-refractivity contribution in [3.05, 3.63) is 0 Å². The molecule has 4 aliphatic carbocycles. The second-order valence-corrected chi connectivity index (χ2v) is 10.1. The number of aliphatic hydroxyl groups is 1. The number of nitrogens with two attached hydrogens (primary N) is 1. The summed E-state index contributed by atoms with van der Waals surface area (Å²) in [6, 6.07) is 0. The standard InChI is InChI=1S/C20H33N3OS/c1-19-9-7-13(22-23-18(21)25)11-12(19)3-4-14-15-5-6-17(24)20(15,2)10-8-16(14)19/h12,14-17,24H,3-11H2,1-2H3,(H3,21,23,25)/b22-13+/t12-,14-,15+,16-,17-,19-,20-/m0/s1. The molecule has 0 bridgehead atoms. The van der Waals surface area contributed by atoms with Gasteiger partial charge in [0.1, 0.15) is 0 Å². The third-order valence-electron chi connectivity index (χ3n) is 8.77. The molecule has 0 aliphatic heterocycles. The fraction of sp³-hybridized carbons (Fsp3) is 0.900. The van der Waals surface area contributed by atoms with Crippen molar-refractivity contribution < 1.29 is 5.11 Å². The van der Waals surface area contributed by atoms with E-state index in [4.69, 9.17) is 18.0 Å². The summed E-state index contributed by atoms with van der Waals surface area (Å²) in [4.78, 5) is 0. The molecule has 0 radical (unpaired) electrons. The van der Waals surface area contributed by atoms with Crippen LogP contribution in [0.4, 0.5) is 0 Å². The van der Waals surface area contributed by atoms with Crippen molar-refractivity contribution in [2.75, 3.05) is 0 Å². The molecule has 5 heteroatoms. The van der Waals surface area contributed by atoms with Gasteiger partial charge >= 0.3 is 0 Å². The Bertz CT molecular complexity index is 593. The summed E-state index contributed by atoms with van der Waals surface area (Å²) in [5.41, 5.74) is 10.2. The number of nitrogens with one attached hydrogen (secondary N) is 1. The van der Waals surface area contributed by atoms with Gasteiger partial charge in [-0.1, -0.05) is 13.8 Å². The molecule has 4 nitrogen and oxygen atoms in total. The second-order valence-electron chi connectivity index (χ2n) is 9.65. The summed E-state index contributed by atoms with van der Waals surface area (Å²) in [5, 5.41) is 15.3. The molecule has 4 fully saturated rings.